The fourth-order valence-electron chi connectivity index (χ4n) is 0.971. The van der Waals surface area contributed by atoms with E-state index in [2.05, 4.69) is 18.8 Å². The highest BCUT2D eigenvalue weighted by Crippen LogP contribution is 2.20. The van der Waals surface area contributed by atoms with Gasteiger partial charge in [0.15, 0.2) is 0 Å². The molecule has 0 spiro atoms. The minimum absolute atomic E-state index is 0.0428. The third kappa shape index (κ3) is 2.81. The van der Waals surface area contributed by atoms with E-state index in [-0.39, 0.29) is 6.42 Å². The molecule has 1 heterocycles. The Morgan fingerprint density at radius 2 is 2.46 bits per heavy atom. The highest BCUT2D eigenvalue weighted by molar-refractivity contribution is 7.09. The predicted molar refractivity (Wildman–Crippen MR) is 52.2 cm³/mol. The van der Waals surface area contributed by atoms with Crippen LogP contribution < -0.4 is 0 Å². The molecule has 0 aliphatic heterocycles. The van der Waals surface area contributed by atoms with Gasteiger partial charge in [0.1, 0.15) is 5.01 Å². The summed E-state index contributed by atoms with van der Waals surface area (Å²) in [4.78, 5) is 14.6. The summed E-state index contributed by atoms with van der Waals surface area (Å²) in [7, 11) is 0. The van der Waals surface area contributed by atoms with Crippen molar-refractivity contribution in [1.82, 2.24) is 4.98 Å². The molecule has 0 bridgehead atoms. The van der Waals surface area contributed by atoms with Gasteiger partial charge in [-0.05, 0) is 12.3 Å². The topological polar surface area (TPSA) is 50.2 Å². The molecule has 0 aromatic carbocycles. The summed E-state index contributed by atoms with van der Waals surface area (Å²) >= 11 is 1.43. The van der Waals surface area contributed by atoms with Gasteiger partial charge in [0.2, 0.25) is 0 Å². The molecule has 1 aromatic heterocycles. The summed E-state index contributed by atoms with van der Waals surface area (Å²) in [5.74, 6) is -0.385. The fourth-order valence-corrected chi connectivity index (χ4v) is 1.88. The van der Waals surface area contributed by atoms with Gasteiger partial charge in [-0.1, -0.05) is 13.8 Å². The standard InChI is InChI=1S/C9H13NO2S/c1-3-6(2)7-5-13-8(10-7)4-9(11)12/h5-6H,3-4H2,1-2H3,(H,11,12). The molecule has 0 radical (unpaired) electrons. The summed E-state index contributed by atoms with van der Waals surface area (Å²) in [5.41, 5.74) is 1.02. The van der Waals surface area contributed by atoms with E-state index in [4.69, 9.17) is 5.11 Å². The number of carboxylic acid groups (broad SMARTS) is 1. The second kappa shape index (κ2) is 4.37. The number of carboxylic acids is 1. The fraction of sp³-hybridized carbons (Fsp3) is 0.556. The van der Waals surface area contributed by atoms with Crippen molar-refractivity contribution in [2.24, 2.45) is 0 Å². The number of hydrogen-bond acceptors (Lipinski definition) is 3. The average molecular weight is 199 g/mol. The van der Waals surface area contributed by atoms with Gasteiger partial charge in [-0.15, -0.1) is 11.3 Å². The van der Waals surface area contributed by atoms with Gasteiger partial charge in [0.05, 0.1) is 12.1 Å². The molecule has 72 valence electrons. The monoisotopic (exact) mass is 199 g/mol. The molecular weight excluding hydrogens is 186 g/mol. The molecule has 1 N–H and O–H groups in total. The second-order valence-electron chi connectivity index (χ2n) is 3.05. The minimum atomic E-state index is -0.815. The average Bonchev–Trinajstić information content (AvgIpc) is 2.50. The van der Waals surface area contributed by atoms with Crippen LogP contribution in [0.3, 0.4) is 0 Å². The molecule has 0 saturated heterocycles. The van der Waals surface area contributed by atoms with Crippen molar-refractivity contribution in [3.63, 3.8) is 0 Å². The normalized spacial score (nSPS) is 12.8. The van der Waals surface area contributed by atoms with E-state index in [9.17, 15) is 4.79 Å². The maximum absolute atomic E-state index is 10.4. The number of carbonyl (C=O) groups is 1. The first-order chi connectivity index (χ1) is 6.13. The van der Waals surface area contributed by atoms with Crippen LogP contribution >= 0.6 is 11.3 Å². The molecule has 0 aliphatic rings. The number of nitrogens with zero attached hydrogens (tertiary/aromatic N) is 1. The van der Waals surface area contributed by atoms with Crippen LogP contribution in [0.5, 0.6) is 0 Å². The Bertz CT molecular complexity index is 296. The van der Waals surface area contributed by atoms with E-state index in [1.807, 2.05) is 5.38 Å². The summed E-state index contributed by atoms with van der Waals surface area (Å²) in [6.45, 7) is 4.19. The summed E-state index contributed by atoms with van der Waals surface area (Å²) in [6.07, 6.45) is 1.08. The van der Waals surface area contributed by atoms with Gasteiger partial charge in [0, 0.05) is 5.38 Å². The van der Waals surface area contributed by atoms with Crippen molar-refractivity contribution in [3.05, 3.63) is 16.1 Å². The van der Waals surface area contributed by atoms with Crippen molar-refractivity contribution >= 4 is 17.3 Å². The number of hydrogen-bond donors (Lipinski definition) is 1. The smallest absolute Gasteiger partial charge is 0.310 e. The van der Waals surface area contributed by atoms with Crippen LogP contribution in [0.2, 0.25) is 0 Å². The lowest BCUT2D eigenvalue weighted by atomic mass is 10.1. The molecule has 3 nitrogen and oxygen atoms in total. The van der Waals surface area contributed by atoms with Crippen molar-refractivity contribution in [1.29, 1.82) is 0 Å². The molecule has 0 amide bonds. The second-order valence-corrected chi connectivity index (χ2v) is 3.99. The number of aliphatic carboxylic acids is 1. The third-order valence-corrected chi connectivity index (χ3v) is 2.86. The van der Waals surface area contributed by atoms with Crippen molar-refractivity contribution in [3.8, 4) is 0 Å². The molecule has 1 rings (SSSR count). The Morgan fingerprint density at radius 1 is 1.77 bits per heavy atom. The third-order valence-electron chi connectivity index (χ3n) is 1.99. The molecule has 4 heteroatoms. The zero-order valence-corrected chi connectivity index (χ0v) is 8.60. The van der Waals surface area contributed by atoms with Gasteiger partial charge in [-0.3, -0.25) is 4.79 Å². The van der Waals surface area contributed by atoms with Gasteiger partial charge in [0.25, 0.3) is 0 Å². The quantitative estimate of drug-likeness (QED) is 0.809. The number of thiazole rings is 1. The Morgan fingerprint density at radius 3 is 3.00 bits per heavy atom. The van der Waals surface area contributed by atoms with E-state index in [0.717, 1.165) is 12.1 Å². The van der Waals surface area contributed by atoms with Crippen molar-refractivity contribution in [2.45, 2.75) is 32.6 Å². The van der Waals surface area contributed by atoms with E-state index >= 15 is 0 Å². The Labute approximate surface area is 81.4 Å². The van der Waals surface area contributed by atoms with E-state index in [1.165, 1.54) is 11.3 Å². The SMILES string of the molecule is CCC(C)c1csc(CC(=O)O)n1. The van der Waals surface area contributed by atoms with Crippen molar-refractivity contribution < 1.29 is 9.90 Å². The highest BCUT2D eigenvalue weighted by Gasteiger charge is 2.09. The van der Waals surface area contributed by atoms with Gasteiger partial charge in [-0.25, -0.2) is 4.98 Å². The molecule has 0 fully saturated rings. The van der Waals surface area contributed by atoms with Gasteiger partial charge < -0.3 is 5.11 Å². The first-order valence-electron chi connectivity index (χ1n) is 4.29. The van der Waals surface area contributed by atoms with Crippen LogP contribution in [0.4, 0.5) is 0 Å². The molecule has 0 saturated carbocycles. The number of aromatic nitrogens is 1. The zero-order chi connectivity index (χ0) is 9.84. The van der Waals surface area contributed by atoms with E-state index in [1.54, 1.807) is 0 Å². The van der Waals surface area contributed by atoms with Crippen LogP contribution in [0.25, 0.3) is 0 Å². The lowest BCUT2D eigenvalue weighted by Crippen LogP contribution is -2.00. The highest BCUT2D eigenvalue weighted by atomic mass is 32.1. The molecule has 13 heavy (non-hydrogen) atoms. The molecular formula is C9H13NO2S. The van der Waals surface area contributed by atoms with E-state index in [0.29, 0.717) is 10.9 Å². The maximum Gasteiger partial charge on any atom is 0.310 e. The summed E-state index contributed by atoms with van der Waals surface area (Å²) in [6, 6.07) is 0. The Hall–Kier alpha value is -0.900. The summed E-state index contributed by atoms with van der Waals surface area (Å²) in [5, 5.41) is 11.2. The van der Waals surface area contributed by atoms with Gasteiger partial charge in [-0.2, -0.15) is 0 Å². The van der Waals surface area contributed by atoms with Crippen LogP contribution in [0.15, 0.2) is 5.38 Å². The zero-order valence-electron chi connectivity index (χ0n) is 7.78. The molecule has 1 aromatic rings. The number of rotatable bonds is 4. The van der Waals surface area contributed by atoms with Gasteiger partial charge >= 0.3 is 5.97 Å². The van der Waals surface area contributed by atoms with E-state index < -0.39 is 5.97 Å². The summed E-state index contributed by atoms with van der Waals surface area (Å²) < 4.78 is 0. The van der Waals surface area contributed by atoms with Crippen molar-refractivity contribution in [2.75, 3.05) is 0 Å². The first kappa shape index (κ1) is 10.2. The lowest BCUT2D eigenvalue weighted by Gasteiger charge is -2.01. The maximum atomic E-state index is 10.4. The molecule has 1 unspecified atom stereocenters. The largest absolute Gasteiger partial charge is 0.481 e. The van der Waals surface area contributed by atoms with Crippen LogP contribution in [0, 0.1) is 0 Å². The predicted octanol–water partition coefficient (Wildman–Crippen LogP) is 2.28. The van der Waals surface area contributed by atoms with Crippen LogP contribution in [-0.4, -0.2) is 16.1 Å². The minimum Gasteiger partial charge on any atom is -0.481 e. The Balaban J connectivity index is 2.68. The molecule has 1 atom stereocenters. The lowest BCUT2D eigenvalue weighted by molar-refractivity contribution is -0.136. The van der Waals surface area contributed by atoms with Crippen LogP contribution in [-0.2, 0) is 11.2 Å². The Kier molecular flexibility index (Phi) is 3.42. The first-order valence-corrected chi connectivity index (χ1v) is 5.17. The van der Waals surface area contributed by atoms with Crippen LogP contribution in [0.1, 0.15) is 36.9 Å². The molecule has 0 aliphatic carbocycles.